The summed E-state index contributed by atoms with van der Waals surface area (Å²) in [5.41, 5.74) is 6.09. The number of nitrogens with zero attached hydrogens (tertiary/aromatic N) is 1. The summed E-state index contributed by atoms with van der Waals surface area (Å²) < 4.78 is 0. The molecule has 90 valence electrons. The van der Waals surface area contributed by atoms with E-state index in [1.165, 1.54) is 37.1 Å². The second-order valence-corrected chi connectivity index (χ2v) is 5.33. The number of benzene rings is 2. The second kappa shape index (κ2) is 3.88. The lowest BCUT2D eigenvalue weighted by Crippen LogP contribution is -2.38. The number of fused-ring (bicyclic) bond motifs is 5. The van der Waals surface area contributed by atoms with Crippen molar-refractivity contribution in [2.24, 2.45) is 0 Å². The number of para-hydroxylation sites is 1. The molecule has 4 rings (SSSR count). The Balaban J connectivity index is 1.83. The van der Waals surface area contributed by atoms with E-state index in [-0.39, 0.29) is 0 Å². The van der Waals surface area contributed by atoms with Gasteiger partial charge in [0.2, 0.25) is 0 Å². The first-order chi connectivity index (χ1) is 8.93. The Labute approximate surface area is 108 Å². The third kappa shape index (κ3) is 1.40. The molecule has 2 aliphatic heterocycles. The van der Waals surface area contributed by atoms with E-state index < -0.39 is 0 Å². The van der Waals surface area contributed by atoms with Crippen LogP contribution in [-0.4, -0.2) is 6.54 Å². The predicted molar refractivity (Wildman–Crippen MR) is 75.0 cm³/mol. The summed E-state index contributed by atoms with van der Waals surface area (Å²) in [7, 11) is 0. The molecule has 2 aromatic carbocycles. The summed E-state index contributed by atoms with van der Waals surface area (Å²) in [6.07, 6.45) is 3.65. The van der Waals surface area contributed by atoms with Gasteiger partial charge in [-0.05, 0) is 42.0 Å². The second-order valence-electron chi connectivity index (χ2n) is 5.33. The molecule has 0 spiro atoms. The van der Waals surface area contributed by atoms with Crippen LogP contribution in [0.3, 0.4) is 0 Å². The van der Waals surface area contributed by atoms with Crippen molar-refractivity contribution in [3.63, 3.8) is 0 Å². The SMILES string of the molecule is c1ccc2c(c1)CCN1c3ccccc3CCC21. The van der Waals surface area contributed by atoms with E-state index in [4.69, 9.17) is 0 Å². The fraction of sp³-hybridized carbons (Fsp3) is 0.294. The van der Waals surface area contributed by atoms with Crippen LogP contribution < -0.4 is 4.90 Å². The van der Waals surface area contributed by atoms with E-state index >= 15 is 0 Å². The monoisotopic (exact) mass is 235 g/mol. The fourth-order valence-corrected chi connectivity index (χ4v) is 3.55. The van der Waals surface area contributed by atoms with E-state index in [1.807, 2.05) is 0 Å². The molecule has 1 heteroatoms. The van der Waals surface area contributed by atoms with Crippen molar-refractivity contribution in [2.45, 2.75) is 25.3 Å². The van der Waals surface area contributed by atoms with Crippen molar-refractivity contribution in [1.82, 2.24) is 0 Å². The molecule has 0 saturated carbocycles. The molecule has 2 heterocycles. The Hall–Kier alpha value is -1.76. The van der Waals surface area contributed by atoms with Crippen LogP contribution in [0.5, 0.6) is 0 Å². The van der Waals surface area contributed by atoms with Gasteiger partial charge in [-0.1, -0.05) is 42.5 Å². The summed E-state index contributed by atoms with van der Waals surface area (Å²) >= 11 is 0. The molecule has 0 amide bonds. The zero-order valence-corrected chi connectivity index (χ0v) is 10.5. The predicted octanol–water partition coefficient (Wildman–Crippen LogP) is 3.74. The summed E-state index contributed by atoms with van der Waals surface area (Å²) in [6, 6.07) is 18.5. The van der Waals surface area contributed by atoms with E-state index in [0.29, 0.717) is 6.04 Å². The van der Waals surface area contributed by atoms with Crippen molar-refractivity contribution >= 4 is 5.69 Å². The van der Waals surface area contributed by atoms with E-state index in [1.54, 1.807) is 11.1 Å². The zero-order chi connectivity index (χ0) is 11.9. The Morgan fingerprint density at radius 1 is 0.833 bits per heavy atom. The standard InChI is InChI=1S/C17H17N/c1-3-7-15-13(5-1)11-12-18-16-8-4-2-6-14(16)9-10-17(15)18/h1-8,17H,9-12H2. The highest BCUT2D eigenvalue weighted by Gasteiger charge is 2.31. The lowest BCUT2D eigenvalue weighted by Gasteiger charge is -2.43. The van der Waals surface area contributed by atoms with Crippen molar-refractivity contribution in [1.29, 1.82) is 0 Å². The lowest BCUT2D eigenvalue weighted by molar-refractivity contribution is 0.522. The van der Waals surface area contributed by atoms with Gasteiger partial charge >= 0.3 is 0 Å². The maximum atomic E-state index is 2.61. The molecule has 1 nitrogen and oxygen atoms in total. The van der Waals surface area contributed by atoms with Crippen LogP contribution in [0.2, 0.25) is 0 Å². The highest BCUT2D eigenvalue weighted by Crippen LogP contribution is 2.41. The average molecular weight is 235 g/mol. The minimum Gasteiger partial charge on any atom is -0.364 e. The number of anilines is 1. The van der Waals surface area contributed by atoms with Gasteiger partial charge in [0.25, 0.3) is 0 Å². The van der Waals surface area contributed by atoms with Crippen LogP contribution in [0.4, 0.5) is 5.69 Å². The van der Waals surface area contributed by atoms with Crippen molar-refractivity contribution in [3.8, 4) is 0 Å². The van der Waals surface area contributed by atoms with Crippen LogP contribution in [-0.2, 0) is 12.8 Å². The first-order valence-corrected chi connectivity index (χ1v) is 6.86. The van der Waals surface area contributed by atoms with Gasteiger partial charge in [0.15, 0.2) is 0 Å². The smallest absolute Gasteiger partial charge is 0.0548 e. The number of hydrogen-bond donors (Lipinski definition) is 0. The van der Waals surface area contributed by atoms with Gasteiger partial charge in [-0.3, -0.25) is 0 Å². The van der Waals surface area contributed by atoms with Crippen LogP contribution in [0.15, 0.2) is 48.5 Å². The highest BCUT2D eigenvalue weighted by molar-refractivity contribution is 5.59. The third-order valence-electron chi connectivity index (χ3n) is 4.40. The minimum absolute atomic E-state index is 0.602. The third-order valence-corrected chi connectivity index (χ3v) is 4.40. The molecule has 1 unspecified atom stereocenters. The normalized spacial score (nSPS) is 20.9. The van der Waals surface area contributed by atoms with Crippen molar-refractivity contribution in [3.05, 3.63) is 65.2 Å². The molecule has 0 radical (unpaired) electrons. The van der Waals surface area contributed by atoms with E-state index in [2.05, 4.69) is 53.4 Å². The van der Waals surface area contributed by atoms with Gasteiger partial charge in [0.1, 0.15) is 0 Å². The Morgan fingerprint density at radius 3 is 2.56 bits per heavy atom. The van der Waals surface area contributed by atoms with Crippen LogP contribution in [0.1, 0.15) is 29.2 Å². The molecule has 0 bridgehead atoms. The van der Waals surface area contributed by atoms with Crippen LogP contribution in [0, 0.1) is 0 Å². The first-order valence-electron chi connectivity index (χ1n) is 6.86. The molecule has 0 aromatic heterocycles. The molecular formula is C17H17N. The Bertz CT molecular complexity index is 534. The van der Waals surface area contributed by atoms with Gasteiger partial charge in [-0.25, -0.2) is 0 Å². The van der Waals surface area contributed by atoms with Gasteiger partial charge < -0.3 is 4.90 Å². The molecule has 0 fully saturated rings. The van der Waals surface area contributed by atoms with Crippen molar-refractivity contribution < 1.29 is 0 Å². The lowest BCUT2D eigenvalue weighted by atomic mass is 9.85. The Morgan fingerprint density at radius 2 is 1.61 bits per heavy atom. The van der Waals surface area contributed by atoms with Gasteiger partial charge in [-0.15, -0.1) is 0 Å². The molecule has 0 saturated heterocycles. The minimum atomic E-state index is 0.602. The van der Waals surface area contributed by atoms with Crippen LogP contribution in [0.25, 0.3) is 0 Å². The van der Waals surface area contributed by atoms with E-state index in [9.17, 15) is 0 Å². The number of aryl methyl sites for hydroxylation is 1. The maximum absolute atomic E-state index is 2.61. The average Bonchev–Trinajstić information content (AvgIpc) is 2.46. The highest BCUT2D eigenvalue weighted by atomic mass is 15.2. The molecule has 2 aliphatic rings. The zero-order valence-electron chi connectivity index (χ0n) is 10.5. The summed E-state index contributed by atoms with van der Waals surface area (Å²) in [5.74, 6) is 0. The van der Waals surface area contributed by atoms with Gasteiger partial charge in [-0.2, -0.15) is 0 Å². The first kappa shape index (κ1) is 10.2. The fourth-order valence-electron chi connectivity index (χ4n) is 3.55. The summed E-state index contributed by atoms with van der Waals surface area (Å²) in [5, 5.41) is 0. The molecular weight excluding hydrogens is 218 g/mol. The molecule has 2 aromatic rings. The Kier molecular flexibility index (Phi) is 2.19. The molecule has 1 atom stereocenters. The quantitative estimate of drug-likeness (QED) is 0.672. The summed E-state index contributed by atoms with van der Waals surface area (Å²) in [4.78, 5) is 2.61. The molecule has 18 heavy (non-hydrogen) atoms. The van der Waals surface area contributed by atoms with Gasteiger partial charge in [0, 0.05) is 12.2 Å². The number of hydrogen-bond acceptors (Lipinski definition) is 1. The summed E-state index contributed by atoms with van der Waals surface area (Å²) in [6.45, 7) is 1.17. The topological polar surface area (TPSA) is 3.24 Å². The number of rotatable bonds is 0. The largest absolute Gasteiger partial charge is 0.364 e. The maximum Gasteiger partial charge on any atom is 0.0548 e. The van der Waals surface area contributed by atoms with Gasteiger partial charge in [0.05, 0.1) is 6.04 Å². The molecule has 0 N–H and O–H groups in total. The van der Waals surface area contributed by atoms with E-state index in [0.717, 1.165) is 0 Å². The van der Waals surface area contributed by atoms with Crippen molar-refractivity contribution in [2.75, 3.05) is 11.4 Å². The molecule has 0 aliphatic carbocycles. The van der Waals surface area contributed by atoms with Crippen LogP contribution >= 0.6 is 0 Å².